The summed E-state index contributed by atoms with van der Waals surface area (Å²) in [4.78, 5) is 25.0. The molecule has 31 heavy (non-hydrogen) atoms. The van der Waals surface area contributed by atoms with E-state index in [1.807, 2.05) is 30.3 Å². The van der Waals surface area contributed by atoms with Crippen molar-refractivity contribution in [3.8, 4) is 11.1 Å². The van der Waals surface area contributed by atoms with Gasteiger partial charge < -0.3 is 9.15 Å². The van der Waals surface area contributed by atoms with Gasteiger partial charge in [-0.2, -0.15) is 0 Å². The molecule has 0 fully saturated rings. The number of hydrogen-bond acceptors (Lipinski definition) is 6. The zero-order valence-electron chi connectivity index (χ0n) is 16.9. The summed E-state index contributed by atoms with van der Waals surface area (Å²) < 4.78 is 36.2. The van der Waals surface area contributed by atoms with Crippen molar-refractivity contribution in [3.63, 3.8) is 0 Å². The van der Waals surface area contributed by atoms with E-state index in [-0.39, 0.29) is 17.3 Å². The second-order valence-corrected chi connectivity index (χ2v) is 9.28. The van der Waals surface area contributed by atoms with Gasteiger partial charge in [0.15, 0.2) is 12.4 Å². The molecule has 7 nitrogen and oxygen atoms in total. The van der Waals surface area contributed by atoms with Crippen LogP contribution in [0.5, 0.6) is 0 Å². The Hall–Kier alpha value is -3.39. The predicted molar refractivity (Wildman–Crippen MR) is 116 cm³/mol. The first-order valence-electron chi connectivity index (χ1n) is 9.87. The molecular weight excluding hydrogens is 418 g/mol. The summed E-state index contributed by atoms with van der Waals surface area (Å²) >= 11 is 0. The van der Waals surface area contributed by atoms with Gasteiger partial charge in [-0.3, -0.25) is 9.10 Å². The molecule has 0 bridgehead atoms. The van der Waals surface area contributed by atoms with Gasteiger partial charge in [-0.25, -0.2) is 13.2 Å². The van der Waals surface area contributed by atoms with E-state index in [0.29, 0.717) is 29.8 Å². The van der Waals surface area contributed by atoms with Gasteiger partial charge in [-0.05, 0) is 48.7 Å². The molecule has 0 radical (unpaired) electrons. The van der Waals surface area contributed by atoms with E-state index in [0.717, 1.165) is 11.1 Å². The Balaban J connectivity index is 1.45. The zero-order valence-corrected chi connectivity index (χ0v) is 17.7. The van der Waals surface area contributed by atoms with Crippen molar-refractivity contribution in [3.05, 3.63) is 77.7 Å². The quantitative estimate of drug-likeness (QED) is 0.412. The minimum absolute atomic E-state index is 0.0147. The zero-order chi connectivity index (χ0) is 22.0. The highest BCUT2D eigenvalue weighted by Gasteiger charge is 2.29. The third-order valence-electron chi connectivity index (χ3n) is 5.22. The highest BCUT2D eigenvalue weighted by molar-refractivity contribution is 7.92. The van der Waals surface area contributed by atoms with Gasteiger partial charge in [0.25, 0.3) is 0 Å². The maximum atomic E-state index is 12.6. The van der Waals surface area contributed by atoms with Crippen LogP contribution >= 0.6 is 0 Å². The Bertz CT molecular complexity index is 1230. The normalized spacial score (nSPS) is 13.1. The van der Waals surface area contributed by atoms with Gasteiger partial charge in [-0.15, -0.1) is 0 Å². The second-order valence-electron chi connectivity index (χ2n) is 7.09. The molecule has 0 atom stereocenters. The lowest BCUT2D eigenvalue weighted by molar-refractivity contribution is 0.0445. The number of ether oxygens (including phenoxy) is 1. The second kappa shape index (κ2) is 8.39. The summed E-state index contributed by atoms with van der Waals surface area (Å²) in [5, 5.41) is 0. The number of carbonyl (C=O) groups is 2. The van der Waals surface area contributed by atoms with Crippen molar-refractivity contribution >= 4 is 27.5 Å². The standard InChI is InChI=1S/C23H21NO6S/c1-2-31(27,28)24-12-10-17-14-18(8-9-20(17)24)21(25)15-30-23(26)22-19(11-13-29-22)16-6-4-3-5-7-16/h3-9,11,13-14H,2,10,12,15H2,1H3. The lowest BCUT2D eigenvalue weighted by atomic mass is 10.1. The van der Waals surface area contributed by atoms with Crippen molar-refractivity contribution in [2.45, 2.75) is 13.3 Å². The van der Waals surface area contributed by atoms with E-state index in [1.54, 1.807) is 31.2 Å². The number of esters is 1. The highest BCUT2D eigenvalue weighted by atomic mass is 32.2. The SMILES string of the molecule is CCS(=O)(=O)N1CCc2cc(C(=O)COC(=O)c3occc3-c3ccccc3)ccc21. The molecule has 8 heteroatoms. The van der Waals surface area contributed by atoms with Gasteiger partial charge >= 0.3 is 5.97 Å². The number of fused-ring (bicyclic) bond motifs is 1. The van der Waals surface area contributed by atoms with Crippen LogP contribution in [0.1, 0.15) is 33.4 Å². The lowest BCUT2D eigenvalue weighted by Gasteiger charge is -2.18. The van der Waals surface area contributed by atoms with Crippen molar-refractivity contribution in [2.24, 2.45) is 0 Å². The average Bonchev–Trinajstić information content (AvgIpc) is 3.45. The van der Waals surface area contributed by atoms with Crippen molar-refractivity contribution in [2.75, 3.05) is 23.2 Å². The van der Waals surface area contributed by atoms with Crippen LogP contribution in [0.2, 0.25) is 0 Å². The molecule has 0 saturated heterocycles. The summed E-state index contributed by atoms with van der Waals surface area (Å²) in [6, 6.07) is 15.8. The largest absolute Gasteiger partial charge is 0.457 e. The molecule has 2 aromatic carbocycles. The van der Waals surface area contributed by atoms with Gasteiger partial charge in [0, 0.05) is 17.7 Å². The fourth-order valence-electron chi connectivity index (χ4n) is 3.58. The van der Waals surface area contributed by atoms with Crippen LogP contribution in [0.25, 0.3) is 11.1 Å². The molecule has 1 aliphatic heterocycles. The van der Waals surface area contributed by atoms with Crippen LogP contribution in [0, 0.1) is 0 Å². The van der Waals surface area contributed by atoms with Crippen molar-refractivity contribution in [1.29, 1.82) is 0 Å². The van der Waals surface area contributed by atoms with Crippen molar-refractivity contribution < 1.29 is 27.2 Å². The van der Waals surface area contributed by atoms with Crippen LogP contribution in [0.4, 0.5) is 5.69 Å². The first-order chi connectivity index (χ1) is 14.9. The van der Waals surface area contributed by atoms with E-state index in [4.69, 9.17) is 9.15 Å². The molecule has 0 spiro atoms. The minimum atomic E-state index is -3.35. The Morgan fingerprint density at radius 1 is 1.10 bits per heavy atom. The smallest absolute Gasteiger partial charge is 0.375 e. The number of sulfonamides is 1. The predicted octanol–water partition coefficient (Wildman–Crippen LogP) is 3.70. The fraction of sp³-hybridized carbons (Fsp3) is 0.217. The van der Waals surface area contributed by atoms with Gasteiger partial charge in [0.1, 0.15) is 0 Å². The van der Waals surface area contributed by atoms with E-state index in [1.165, 1.54) is 10.6 Å². The summed E-state index contributed by atoms with van der Waals surface area (Å²) in [5.41, 5.74) is 3.14. The number of ketones is 1. The maximum Gasteiger partial charge on any atom is 0.375 e. The molecule has 4 rings (SSSR count). The third-order valence-corrected chi connectivity index (χ3v) is 7.01. The van der Waals surface area contributed by atoms with E-state index in [2.05, 4.69) is 0 Å². The summed E-state index contributed by atoms with van der Waals surface area (Å²) in [5.74, 6) is -1.05. The van der Waals surface area contributed by atoms with Crippen LogP contribution in [0.3, 0.4) is 0 Å². The van der Waals surface area contributed by atoms with E-state index >= 15 is 0 Å². The van der Waals surface area contributed by atoms with Crippen LogP contribution in [-0.4, -0.2) is 39.1 Å². The number of Topliss-reactive ketones (excluding diaryl/α,β-unsaturated/α-hetero) is 1. The molecule has 0 unspecified atom stereocenters. The number of anilines is 1. The first-order valence-corrected chi connectivity index (χ1v) is 11.5. The maximum absolute atomic E-state index is 12.6. The number of nitrogens with zero attached hydrogens (tertiary/aromatic N) is 1. The molecule has 3 aromatic rings. The number of carbonyl (C=O) groups excluding carboxylic acids is 2. The molecule has 1 aromatic heterocycles. The minimum Gasteiger partial charge on any atom is -0.457 e. The number of hydrogen-bond donors (Lipinski definition) is 0. The van der Waals surface area contributed by atoms with Gasteiger partial charge in [-0.1, -0.05) is 30.3 Å². The first kappa shape index (κ1) is 20.9. The molecular formula is C23H21NO6S. The van der Waals surface area contributed by atoms with Crippen LogP contribution < -0.4 is 4.31 Å². The molecule has 0 saturated carbocycles. The molecule has 2 heterocycles. The molecule has 160 valence electrons. The Labute approximate surface area is 180 Å². The Morgan fingerprint density at radius 2 is 1.87 bits per heavy atom. The Morgan fingerprint density at radius 3 is 2.61 bits per heavy atom. The number of benzene rings is 2. The summed E-state index contributed by atoms with van der Waals surface area (Å²) in [7, 11) is -3.35. The topological polar surface area (TPSA) is 93.9 Å². The highest BCUT2D eigenvalue weighted by Crippen LogP contribution is 2.31. The average molecular weight is 439 g/mol. The fourth-order valence-corrected chi connectivity index (χ4v) is 4.74. The molecule has 1 aliphatic rings. The summed E-state index contributed by atoms with van der Waals surface area (Å²) in [6.45, 7) is 1.52. The third kappa shape index (κ3) is 4.11. The van der Waals surface area contributed by atoms with Crippen molar-refractivity contribution in [1.82, 2.24) is 0 Å². The Kier molecular flexibility index (Phi) is 5.65. The lowest BCUT2D eigenvalue weighted by Crippen LogP contribution is -2.30. The monoisotopic (exact) mass is 439 g/mol. The van der Waals surface area contributed by atoms with Crippen LogP contribution in [0.15, 0.2) is 65.3 Å². The van der Waals surface area contributed by atoms with E-state index < -0.39 is 22.6 Å². The van der Waals surface area contributed by atoms with E-state index in [9.17, 15) is 18.0 Å². The molecule has 0 amide bonds. The van der Waals surface area contributed by atoms with Gasteiger partial charge in [0.05, 0.1) is 17.7 Å². The number of furan rings is 1. The van der Waals surface area contributed by atoms with Gasteiger partial charge in [0.2, 0.25) is 15.8 Å². The number of rotatable bonds is 7. The molecule has 0 N–H and O–H groups in total. The van der Waals surface area contributed by atoms with Crippen LogP contribution in [-0.2, 0) is 21.2 Å². The summed E-state index contributed by atoms with van der Waals surface area (Å²) in [6.07, 6.45) is 1.93. The molecule has 0 aliphatic carbocycles.